The zero-order valence-corrected chi connectivity index (χ0v) is 16.3. The molecule has 2 aromatic carbocycles. The van der Waals surface area contributed by atoms with Crippen LogP contribution in [0.15, 0.2) is 39.7 Å². The maximum Gasteiger partial charge on any atom is 0.265 e. The molecule has 2 rings (SSSR count). The number of anilines is 1. The van der Waals surface area contributed by atoms with Gasteiger partial charge in [0.2, 0.25) is 5.91 Å². The van der Waals surface area contributed by atoms with Crippen LogP contribution in [-0.2, 0) is 10.0 Å². The molecule has 0 spiro atoms. The fourth-order valence-electron chi connectivity index (χ4n) is 2.08. The molecular weight excluding hydrogens is 436 g/mol. The molecule has 0 saturated carbocycles. The van der Waals surface area contributed by atoms with Crippen LogP contribution in [0.2, 0.25) is 5.02 Å². The second-order valence-corrected chi connectivity index (χ2v) is 7.75. The molecule has 10 heteroatoms. The van der Waals surface area contributed by atoms with Crippen LogP contribution in [0.3, 0.4) is 0 Å². The summed E-state index contributed by atoms with van der Waals surface area (Å²) in [5.74, 6) is -0.401. The number of hydrogen-bond acceptors (Lipinski definition) is 5. The highest BCUT2D eigenvalue weighted by molar-refractivity contribution is 9.10. The minimum absolute atomic E-state index is 0.0527. The van der Waals surface area contributed by atoms with Gasteiger partial charge in [-0.2, -0.15) is 0 Å². The van der Waals surface area contributed by atoms with E-state index in [0.29, 0.717) is 4.47 Å². The Morgan fingerprint density at radius 1 is 1.20 bits per heavy atom. The van der Waals surface area contributed by atoms with Crippen molar-refractivity contribution in [1.82, 2.24) is 0 Å². The summed E-state index contributed by atoms with van der Waals surface area (Å²) in [4.78, 5) is 11.2. The molecule has 0 atom stereocenters. The highest BCUT2D eigenvalue weighted by atomic mass is 79.9. The molecule has 0 radical (unpaired) electrons. The molecule has 0 aliphatic rings. The van der Waals surface area contributed by atoms with Crippen molar-refractivity contribution in [1.29, 1.82) is 0 Å². The molecule has 134 valence electrons. The summed E-state index contributed by atoms with van der Waals surface area (Å²) >= 11 is 9.16. The third-order valence-electron chi connectivity index (χ3n) is 3.20. The number of sulfonamides is 1. The van der Waals surface area contributed by atoms with E-state index in [1.54, 1.807) is 0 Å². The first-order valence-corrected chi connectivity index (χ1v) is 9.38. The topological polar surface area (TPSA) is 108 Å². The van der Waals surface area contributed by atoms with E-state index >= 15 is 0 Å². The number of nitrogens with one attached hydrogen (secondary N) is 1. The van der Waals surface area contributed by atoms with Crippen molar-refractivity contribution in [2.45, 2.75) is 4.90 Å². The van der Waals surface area contributed by atoms with Crippen LogP contribution in [0.4, 0.5) is 5.69 Å². The molecule has 0 aliphatic carbocycles. The molecule has 0 heterocycles. The van der Waals surface area contributed by atoms with E-state index in [9.17, 15) is 13.2 Å². The van der Waals surface area contributed by atoms with Crippen LogP contribution in [0, 0.1) is 0 Å². The second kappa shape index (κ2) is 7.51. The number of rotatable bonds is 6. The van der Waals surface area contributed by atoms with Crippen molar-refractivity contribution in [3.05, 3.63) is 45.4 Å². The third-order valence-corrected chi connectivity index (χ3v) is 5.37. The summed E-state index contributed by atoms with van der Waals surface area (Å²) in [6.45, 7) is 0. The molecule has 25 heavy (non-hydrogen) atoms. The average Bonchev–Trinajstić information content (AvgIpc) is 2.53. The number of carbonyl (C=O) groups excluding carboxylic acids is 1. The van der Waals surface area contributed by atoms with Crippen molar-refractivity contribution in [2.24, 2.45) is 5.73 Å². The Hall–Kier alpha value is -1.97. The van der Waals surface area contributed by atoms with E-state index in [0.717, 1.165) is 0 Å². The van der Waals surface area contributed by atoms with Gasteiger partial charge in [-0.05, 0) is 46.3 Å². The smallest absolute Gasteiger partial charge is 0.265 e. The van der Waals surface area contributed by atoms with E-state index < -0.39 is 15.9 Å². The van der Waals surface area contributed by atoms with E-state index in [1.807, 2.05) is 0 Å². The van der Waals surface area contributed by atoms with Crippen molar-refractivity contribution in [3.63, 3.8) is 0 Å². The lowest BCUT2D eigenvalue weighted by atomic mass is 10.2. The fraction of sp³-hybridized carbons (Fsp3) is 0.133. The van der Waals surface area contributed by atoms with Crippen LogP contribution in [-0.4, -0.2) is 28.5 Å². The van der Waals surface area contributed by atoms with Crippen molar-refractivity contribution >= 4 is 49.1 Å². The zero-order chi connectivity index (χ0) is 18.8. The number of amides is 1. The van der Waals surface area contributed by atoms with Crippen LogP contribution < -0.4 is 19.9 Å². The minimum atomic E-state index is -4.10. The SMILES string of the molecule is COc1ccc(C(N)=O)cc1NS(=O)(=O)c1cc(Cl)cc(Br)c1OC. The van der Waals surface area contributed by atoms with Gasteiger partial charge in [-0.3, -0.25) is 9.52 Å². The summed E-state index contributed by atoms with van der Waals surface area (Å²) in [6, 6.07) is 6.90. The molecule has 1 amide bonds. The van der Waals surface area contributed by atoms with E-state index in [-0.39, 0.29) is 32.7 Å². The maximum absolute atomic E-state index is 12.8. The van der Waals surface area contributed by atoms with Crippen molar-refractivity contribution < 1.29 is 22.7 Å². The van der Waals surface area contributed by atoms with Gasteiger partial charge in [0.15, 0.2) is 5.75 Å². The Kier molecular flexibility index (Phi) is 5.81. The number of halogens is 2. The van der Waals surface area contributed by atoms with Gasteiger partial charge in [-0.15, -0.1) is 0 Å². The zero-order valence-electron chi connectivity index (χ0n) is 13.2. The van der Waals surface area contributed by atoms with Crippen molar-refractivity contribution in [3.8, 4) is 11.5 Å². The maximum atomic E-state index is 12.8. The molecule has 3 N–H and O–H groups in total. The number of nitrogens with two attached hydrogens (primary N) is 1. The van der Waals surface area contributed by atoms with Crippen molar-refractivity contribution in [2.75, 3.05) is 18.9 Å². The normalized spacial score (nSPS) is 11.0. The highest BCUT2D eigenvalue weighted by Crippen LogP contribution is 2.37. The number of ether oxygens (including phenoxy) is 2. The van der Waals surface area contributed by atoms with Crippen LogP contribution in [0.1, 0.15) is 10.4 Å². The summed E-state index contributed by atoms with van der Waals surface area (Å²) in [7, 11) is -1.39. The minimum Gasteiger partial charge on any atom is -0.495 e. The number of methoxy groups -OCH3 is 2. The molecule has 2 aromatic rings. The molecule has 0 aliphatic heterocycles. The molecule has 7 nitrogen and oxygen atoms in total. The fourth-order valence-corrected chi connectivity index (χ4v) is 4.52. The monoisotopic (exact) mass is 448 g/mol. The lowest BCUT2D eigenvalue weighted by Gasteiger charge is -2.15. The highest BCUT2D eigenvalue weighted by Gasteiger charge is 2.24. The van der Waals surface area contributed by atoms with E-state index in [2.05, 4.69) is 20.7 Å². The van der Waals surface area contributed by atoms with Crippen LogP contribution in [0.5, 0.6) is 11.5 Å². The first-order chi connectivity index (χ1) is 11.7. The molecule has 0 fully saturated rings. The van der Waals surface area contributed by atoms with Gasteiger partial charge in [0, 0.05) is 10.6 Å². The molecular formula is C15H14BrClN2O5S. The number of benzene rings is 2. The quantitative estimate of drug-likeness (QED) is 0.705. The van der Waals surface area contributed by atoms with E-state index in [1.165, 1.54) is 44.6 Å². The van der Waals surface area contributed by atoms with Gasteiger partial charge in [0.1, 0.15) is 10.6 Å². The van der Waals surface area contributed by atoms with Gasteiger partial charge >= 0.3 is 0 Å². The summed E-state index contributed by atoms with van der Waals surface area (Å²) in [5.41, 5.74) is 5.41. The second-order valence-electron chi connectivity index (χ2n) is 4.80. The average molecular weight is 450 g/mol. The Labute approximate surface area is 158 Å². The molecule has 0 bridgehead atoms. The Balaban J connectivity index is 2.57. The Morgan fingerprint density at radius 2 is 1.88 bits per heavy atom. The predicted molar refractivity (Wildman–Crippen MR) is 98.0 cm³/mol. The Morgan fingerprint density at radius 3 is 2.44 bits per heavy atom. The number of hydrogen-bond donors (Lipinski definition) is 2. The van der Waals surface area contributed by atoms with Crippen LogP contribution in [0.25, 0.3) is 0 Å². The van der Waals surface area contributed by atoms with Crippen LogP contribution >= 0.6 is 27.5 Å². The first kappa shape index (κ1) is 19.4. The summed E-state index contributed by atoms with van der Waals surface area (Å²) < 4.78 is 38.6. The lowest BCUT2D eigenvalue weighted by molar-refractivity contribution is 0.100. The molecule has 0 saturated heterocycles. The third kappa shape index (κ3) is 4.17. The molecule has 0 unspecified atom stereocenters. The number of carbonyl (C=O) groups is 1. The van der Waals surface area contributed by atoms with Gasteiger partial charge in [-0.25, -0.2) is 8.42 Å². The van der Waals surface area contributed by atoms with Gasteiger partial charge < -0.3 is 15.2 Å². The van der Waals surface area contributed by atoms with Gasteiger partial charge in [0.25, 0.3) is 10.0 Å². The number of primary amides is 1. The summed E-state index contributed by atoms with van der Waals surface area (Å²) in [5, 5.41) is 0.200. The molecule has 0 aromatic heterocycles. The summed E-state index contributed by atoms with van der Waals surface area (Å²) in [6.07, 6.45) is 0. The lowest BCUT2D eigenvalue weighted by Crippen LogP contribution is -2.16. The largest absolute Gasteiger partial charge is 0.495 e. The Bertz CT molecular complexity index is 934. The first-order valence-electron chi connectivity index (χ1n) is 6.73. The van der Waals surface area contributed by atoms with Gasteiger partial charge in [-0.1, -0.05) is 11.6 Å². The predicted octanol–water partition coefficient (Wildman–Crippen LogP) is 3.02. The standard InChI is InChI=1S/C15H14BrClN2O5S/c1-23-12-4-3-8(15(18)20)5-11(12)19-25(21,22)13-7-9(17)6-10(16)14(13)24-2/h3-7,19H,1-2H3,(H2,18,20). The van der Waals surface area contributed by atoms with E-state index in [4.69, 9.17) is 26.8 Å². The van der Waals surface area contributed by atoms with Gasteiger partial charge in [0.05, 0.1) is 24.4 Å².